The molecule has 0 spiro atoms. The number of fused-ring (bicyclic) bond motifs is 1. The summed E-state index contributed by atoms with van der Waals surface area (Å²) in [5.41, 5.74) is 1.20. The van der Waals surface area contributed by atoms with Crippen LogP contribution >= 0.6 is 0 Å². The number of hydrogen-bond acceptors (Lipinski definition) is 4. The molecule has 3 heterocycles. The van der Waals surface area contributed by atoms with Gasteiger partial charge in [-0.05, 0) is 24.9 Å². The van der Waals surface area contributed by atoms with Gasteiger partial charge in [0.1, 0.15) is 6.04 Å². The molecule has 132 valence electrons. The molecule has 0 bridgehead atoms. The lowest BCUT2D eigenvalue weighted by Gasteiger charge is -2.38. The zero-order valence-corrected chi connectivity index (χ0v) is 14.1. The number of nitrogens with zero attached hydrogens (tertiary/aromatic N) is 3. The van der Waals surface area contributed by atoms with E-state index in [1.54, 1.807) is 4.90 Å². The molecule has 1 N–H and O–H groups in total. The van der Waals surface area contributed by atoms with Crippen molar-refractivity contribution in [3.05, 3.63) is 35.9 Å². The van der Waals surface area contributed by atoms with Crippen LogP contribution in [0.5, 0.6) is 0 Å². The summed E-state index contributed by atoms with van der Waals surface area (Å²) >= 11 is 0. The molecule has 1 aromatic rings. The van der Waals surface area contributed by atoms with E-state index in [1.807, 2.05) is 18.2 Å². The molecule has 0 aromatic heterocycles. The van der Waals surface area contributed by atoms with Gasteiger partial charge < -0.3 is 9.80 Å². The van der Waals surface area contributed by atoms with Crippen LogP contribution in [0.2, 0.25) is 0 Å². The molecule has 25 heavy (non-hydrogen) atoms. The van der Waals surface area contributed by atoms with Gasteiger partial charge in [-0.1, -0.05) is 30.3 Å². The first kappa shape index (κ1) is 16.1. The number of carbonyl (C=O) groups excluding carboxylic acids is 3. The van der Waals surface area contributed by atoms with Crippen molar-refractivity contribution in [3.8, 4) is 0 Å². The number of carbonyl (C=O) groups is 3. The molecule has 0 saturated carbocycles. The Hall–Kier alpha value is -2.41. The standard InChI is InChI=1S/C18H22N4O3/c23-16-15-12-21(9-10-22(15)18(25)19-16)17(24)14-7-4-8-20(14)11-13-5-2-1-3-6-13/h1-3,5-6,14-15H,4,7-12H2,(H,19,23,25)/t14-,15+/m1/s1. The third kappa shape index (κ3) is 3.00. The summed E-state index contributed by atoms with van der Waals surface area (Å²) in [6.07, 6.45) is 1.85. The smallest absolute Gasteiger partial charge is 0.324 e. The summed E-state index contributed by atoms with van der Waals surface area (Å²) in [7, 11) is 0. The molecule has 7 heteroatoms. The number of amides is 4. The van der Waals surface area contributed by atoms with Crippen LogP contribution in [0.1, 0.15) is 18.4 Å². The van der Waals surface area contributed by atoms with E-state index in [-0.39, 0.29) is 23.9 Å². The molecule has 0 aliphatic carbocycles. The van der Waals surface area contributed by atoms with Gasteiger partial charge in [0.2, 0.25) is 5.91 Å². The zero-order valence-electron chi connectivity index (χ0n) is 14.1. The quantitative estimate of drug-likeness (QED) is 0.808. The van der Waals surface area contributed by atoms with Gasteiger partial charge in [0.15, 0.2) is 0 Å². The van der Waals surface area contributed by atoms with Crippen LogP contribution in [0.25, 0.3) is 0 Å². The van der Waals surface area contributed by atoms with Gasteiger partial charge in [-0.2, -0.15) is 0 Å². The maximum absolute atomic E-state index is 13.0. The minimum atomic E-state index is -0.533. The molecule has 2 atom stereocenters. The fraction of sp³-hybridized carbons (Fsp3) is 0.500. The molecule has 7 nitrogen and oxygen atoms in total. The van der Waals surface area contributed by atoms with Crippen molar-refractivity contribution in [3.63, 3.8) is 0 Å². The maximum Gasteiger partial charge on any atom is 0.324 e. The largest absolute Gasteiger partial charge is 0.337 e. The Kier molecular flexibility index (Phi) is 4.17. The molecule has 1 aromatic carbocycles. The van der Waals surface area contributed by atoms with Crippen molar-refractivity contribution >= 4 is 17.8 Å². The first-order valence-corrected chi connectivity index (χ1v) is 8.82. The van der Waals surface area contributed by atoms with Crippen molar-refractivity contribution < 1.29 is 14.4 Å². The topological polar surface area (TPSA) is 73.0 Å². The van der Waals surface area contributed by atoms with Crippen molar-refractivity contribution in [2.45, 2.75) is 31.5 Å². The molecule has 3 saturated heterocycles. The molecule has 3 fully saturated rings. The molecule has 4 amide bonds. The molecule has 0 radical (unpaired) electrons. The summed E-state index contributed by atoms with van der Waals surface area (Å²) in [6.45, 7) is 2.88. The first-order chi connectivity index (χ1) is 12.1. The fourth-order valence-electron chi connectivity index (χ4n) is 4.03. The van der Waals surface area contributed by atoms with Crippen LogP contribution in [-0.2, 0) is 16.1 Å². The van der Waals surface area contributed by atoms with Crippen LogP contribution in [0.4, 0.5) is 4.79 Å². The van der Waals surface area contributed by atoms with Crippen LogP contribution in [0.3, 0.4) is 0 Å². The van der Waals surface area contributed by atoms with Gasteiger partial charge in [0, 0.05) is 19.6 Å². The Morgan fingerprint density at radius 1 is 1.12 bits per heavy atom. The Labute approximate surface area is 146 Å². The Morgan fingerprint density at radius 3 is 2.72 bits per heavy atom. The normalized spacial score (nSPS) is 26.7. The third-order valence-corrected chi connectivity index (χ3v) is 5.36. The van der Waals surface area contributed by atoms with Crippen LogP contribution < -0.4 is 5.32 Å². The molecular weight excluding hydrogens is 320 g/mol. The Bertz CT molecular complexity index is 693. The van der Waals surface area contributed by atoms with Gasteiger partial charge in [0.25, 0.3) is 5.91 Å². The maximum atomic E-state index is 13.0. The molecule has 3 aliphatic heterocycles. The third-order valence-electron chi connectivity index (χ3n) is 5.36. The van der Waals surface area contributed by atoms with Gasteiger partial charge in [-0.3, -0.25) is 19.8 Å². The summed E-state index contributed by atoms with van der Waals surface area (Å²) in [6, 6.07) is 9.16. The summed E-state index contributed by atoms with van der Waals surface area (Å²) in [5, 5.41) is 2.33. The van der Waals surface area contributed by atoms with Crippen LogP contribution in [0.15, 0.2) is 30.3 Å². The second-order valence-electron chi connectivity index (χ2n) is 6.90. The second kappa shape index (κ2) is 6.48. The van der Waals surface area contributed by atoms with E-state index in [1.165, 1.54) is 10.5 Å². The highest BCUT2D eigenvalue weighted by atomic mass is 16.2. The molecule has 0 unspecified atom stereocenters. The van der Waals surface area contributed by atoms with E-state index in [2.05, 4.69) is 22.3 Å². The Balaban J connectivity index is 1.43. The predicted octanol–water partition coefficient (Wildman–Crippen LogP) is 0.414. The van der Waals surface area contributed by atoms with Crippen molar-refractivity contribution in [2.75, 3.05) is 26.2 Å². The lowest BCUT2D eigenvalue weighted by Crippen LogP contribution is -2.57. The first-order valence-electron chi connectivity index (χ1n) is 8.82. The monoisotopic (exact) mass is 342 g/mol. The number of rotatable bonds is 3. The van der Waals surface area contributed by atoms with E-state index in [9.17, 15) is 14.4 Å². The summed E-state index contributed by atoms with van der Waals surface area (Å²) in [5.74, 6) is -0.213. The highest BCUT2D eigenvalue weighted by Gasteiger charge is 2.44. The van der Waals surface area contributed by atoms with E-state index in [4.69, 9.17) is 0 Å². The SMILES string of the molecule is O=C1NC(=O)N2CCN(C(=O)[C@H]3CCCN3Cc3ccccc3)C[C@@H]12. The van der Waals surface area contributed by atoms with Gasteiger partial charge in [0.05, 0.1) is 12.6 Å². The molecule has 4 rings (SSSR count). The van der Waals surface area contributed by atoms with Crippen molar-refractivity contribution in [2.24, 2.45) is 0 Å². The average Bonchev–Trinajstić information content (AvgIpc) is 3.20. The fourth-order valence-corrected chi connectivity index (χ4v) is 4.03. The van der Waals surface area contributed by atoms with E-state index >= 15 is 0 Å². The number of imide groups is 1. The molecular formula is C18H22N4O3. The highest BCUT2D eigenvalue weighted by molar-refractivity contribution is 6.04. The van der Waals surface area contributed by atoms with Crippen molar-refractivity contribution in [1.82, 2.24) is 20.0 Å². The van der Waals surface area contributed by atoms with E-state index < -0.39 is 6.04 Å². The second-order valence-corrected chi connectivity index (χ2v) is 6.90. The minimum absolute atomic E-state index is 0.0835. The number of likely N-dealkylation sites (tertiary alicyclic amines) is 1. The van der Waals surface area contributed by atoms with Gasteiger partial charge in [-0.25, -0.2) is 4.79 Å². The number of benzene rings is 1. The lowest BCUT2D eigenvalue weighted by molar-refractivity contribution is -0.139. The van der Waals surface area contributed by atoms with Crippen molar-refractivity contribution in [1.29, 1.82) is 0 Å². The number of hydrogen-bond donors (Lipinski definition) is 1. The lowest BCUT2D eigenvalue weighted by atomic mass is 10.1. The number of piperazine rings is 1. The number of nitrogens with one attached hydrogen (secondary N) is 1. The highest BCUT2D eigenvalue weighted by Crippen LogP contribution is 2.24. The Morgan fingerprint density at radius 2 is 1.92 bits per heavy atom. The summed E-state index contributed by atoms with van der Waals surface area (Å²) < 4.78 is 0. The molecule has 3 aliphatic rings. The van der Waals surface area contributed by atoms with Gasteiger partial charge >= 0.3 is 6.03 Å². The minimum Gasteiger partial charge on any atom is -0.337 e. The van der Waals surface area contributed by atoms with E-state index in [0.29, 0.717) is 19.6 Å². The van der Waals surface area contributed by atoms with E-state index in [0.717, 1.165) is 25.9 Å². The predicted molar refractivity (Wildman–Crippen MR) is 90.5 cm³/mol. The number of urea groups is 1. The zero-order chi connectivity index (χ0) is 17.4. The van der Waals surface area contributed by atoms with Crippen LogP contribution in [-0.4, -0.2) is 70.8 Å². The summed E-state index contributed by atoms with van der Waals surface area (Å²) in [4.78, 5) is 42.1. The van der Waals surface area contributed by atoms with Crippen LogP contribution in [0, 0.1) is 0 Å². The van der Waals surface area contributed by atoms with Gasteiger partial charge in [-0.15, -0.1) is 0 Å². The average molecular weight is 342 g/mol.